The van der Waals surface area contributed by atoms with Crippen molar-refractivity contribution in [3.05, 3.63) is 231 Å². The molecule has 0 radical (unpaired) electrons. The molecule has 0 bridgehead atoms. The van der Waals surface area contributed by atoms with Crippen molar-refractivity contribution in [3.8, 4) is 56.0 Å². The third-order valence-corrected chi connectivity index (χ3v) is 15.3. The highest BCUT2D eigenvalue weighted by Crippen LogP contribution is 2.45. The van der Waals surface area contributed by atoms with Crippen LogP contribution in [0.2, 0.25) is 0 Å². The van der Waals surface area contributed by atoms with Crippen molar-refractivity contribution in [1.29, 1.82) is 0 Å². The SMILES string of the molecule is c1ccc(-c2cc3nc(-n4c5ccc6ccccc6c5c5cccc(-c6ccc7c(c6)c6ccc8ccccc8c6n7-c6nc(-c7ccccc7)c7ccccc7n6)c54)nc(-c4ccccc4)c3s2)cc1. The molecule has 0 aliphatic heterocycles. The quantitative estimate of drug-likeness (QED) is 0.167. The van der Waals surface area contributed by atoms with Gasteiger partial charge in [-0.3, -0.25) is 9.13 Å². The Morgan fingerprint density at radius 3 is 1.68 bits per heavy atom. The first-order valence-electron chi connectivity index (χ1n) is 23.9. The van der Waals surface area contributed by atoms with Crippen LogP contribution in [0, 0.1) is 0 Å². The summed E-state index contributed by atoms with van der Waals surface area (Å²) in [5.74, 6) is 1.26. The predicted molar refractivity (Wildman–Crippen MR) is 296 cm³/mol. The van der Waals surface area contributed by atoms with Crippen LogP contribution in [0.5, 0.6) is 0 Å². The summed E-state index contributed by atoms with van der Waals surface area (Å²) in [7, 11) is 0. The minimum Gasteiger partial charge on any atom is -0.277 e. The van der Waals surface area contributed by atoms with Crippen LogP contribution in [0.1, 0.15) is 0 Å². The number of rotatable bonds is 6. The number of thiophene rings is 1. The van der Waals surface area contributed by atoms with Gasteiger partial charge in [-0.05, 0) is 57.6 Å². The van der Waals surface area contributed by atoms with Crippen LogP contribution in [0.3, 0.4) is 0 Å². The lowest BCUT2D eigenvalue weighted by molar-refractivity contribution is 1.02. The highest BCUT2D eigenvalue weighted by molar-refractivity contribution is 7.22. The molecule has 0 atom stereocenters. The summed E-state index contributed by atoms with van der Waals surface area (Å²) in [5, 5.41) is 10.2. The molecule has 0 fully saturated rings. The zero-order valence-corrected chi connectivity index (χ0v) is 38.8. The average molecular weight is 923 g/mol. The Morgan fingerprint density at radius 2 is 0.901 bits per heavy atom. The van der Waals surface area contributed by atoms with Crippen LogP contribution >= 0.6 is 11.3 Å². The summed E-state index contributed by atoms with van der Waals surface area (Å²) < 4.78 is 5.65. The summed E-state index contributed by atoms with van der Waals surface area (Å²) in [6.07, 6.45) is 0. The molecule has 0 saturated heterocycles. The molecule has 10 aromatic carbocycles. The number of hydrogen-bond donors (Lipinski definition) is 0. The van der Waals surface area contributed by atoms with E-state index < -0.39 is 0 Å². The maximum Gasteiger partial charge on any atom is 0.235 e. The van der Waals surface area contributed by atoms with E-state index in [0.29, 0.717) is 11.9 Å². The second kappa shape index (κ2) is 15.6. The lowest BCUT2D eigenvalue weighted by atomic mass is 9.98. The summed E-state index contributed by atoms with van der Waals surface area (Å²) >= 11 is 1.74. The van der Waals surface area contributed by atoms with Gasteiger partial charge >= 0.3 is 0 Å². The minimum atomic E-state index is 0.628. The van der Waals surface area contributed by atoms with E-state index in [0.717, 1.165) is 114 Å². The molecular weight excluding hydrogens is 885 g/mol. The lowest BCUT2D eigenvalue weighted by Gasteiger charge is -2.13. The van der Waals surface area contributed by atoms with Crippen molar-refractivity contribution in [2.75, 3.05) is 0 Å². The molecule has 15 aromatic rings. The van der Waals surface area contributed by atoms with Gasteiger partial charge in [-0.25, -0.2) is 19.9 Å². The van der Waals surface area contributed by atoms with Crippen molar-refractivity contribution in [1.82, 2.24) is 29.1 Å². The Morgan fingerprint density at radius 1 is 0.324 bits per heavy atom. The van der Waals surface area contributed by atoms with Gasteiger partial charge in [0.1, 0.15) is 0 Å². The van der Waals surface area contributed by atoms with E-state index >= 15 is 0 Å². The van der Waals surface area contributed by atoms with E-state index in [9.17, 15) is 0 Å². The first kappa shape index (κ1) is 39.7. The van der Waals surface area contributed by atoms with Crippen LogP contribution in [0.15, 0.2) is 231 Å². The van der Waals surface area contributed by atoms with Gasteiger partial charge in [0, 0.05) is 53.9 Å². The van der Waals surface area contributed by atoms with Crippen molar-refractivity contribution >= 4 is 97.6 Å². The molecule has 71 heavy (non-hydrogen) atoms. The maximum atomic E-state index is 5.59. The summed E-state index contributed by atoms with van der Waals surface area (Å²) in [6, 6.07) is 82.0. The predicted octanol–water partition coefficient (Wildman–Crippen LogP) is 16.8. The number of fused-ring (bicyclic) bond motifs is 12. The fourth-order valence-electron chi connectivity index (χ4n) is 11.0. The van der Waals surface area contributed by atoms with Gasteiger partial charge in [0.2, 0.25) is 11.9 Å². The molecule has 15 rings (SSSR count). The second-order valence-electron chi connectivity index (χ2n) is 18.2. The largest absolute Gasteiger partial charge is 0.277 e. The molecular formula is C64H38N6S. The molecule has 0 aliphatic carbocycles. The van der Waals surface area contributed by atoms with E-state index in [1.165, 1.54) is 16.2 Å². The van der Waals surface area contributed by atoms with Gasteiger partial charge < -0.3 is 0 Å². The van der Waals surface area contributed by atoms with Crippen molar-refractivity contribution in [2.45, 2.75) is 0 Å². The van der Waals surface area contributed by atoms with Gasteiger partial charge in [0.15, 0.2) is 0 Å². The molecule has 5 aromatic heterocycles. The van der Waals surface area contributed by atoms with Gasteiger partial charge in [0.25, 0.3) is 0 Å². The first-order valence-corrected chi connectivity index (χ1v) is 24.7. The first-order chi connectivity index (χ1) is 35.2. The molecule has 7 heteroatoms. The molecule has 6 nitrogen and oxygen atoms in total. The van der Waals surface area contributed by atoms with E-state index in [2.05, 4.69) is 234 Å². The van der Waals surface area contributed by atoms with Crippen LogP contribution in [0.25, 0.3) is 142 Å². The topological polar surface area (TPSA) is 61.4 Å². The summed E-state index contributed by atoms with van der Waals surface area (Å²) in [4.78, 5) is 23.0. The maximum absolute atomic E-state index is 5.59. The average Bonchev–Trinajstić information content (AvgIpc) is 4.14. The normalized spacial score (nSPS) is 11.9. The fourth-order valence-corrected chi connectivity index (χ4v) is 12.1. The number of nitrogens with zero attached hydrogens (tertiary/aromatic N) is 6. The number of benzene rings is 10. The van der Waals surface area contributed by atoms with Gasteiger partial charge in [-0.15, -0.1) is 11.3 Å². The van der Waals surface area contributed by atoms with Crippen molar-refractivity contribution in [2.24, 2.45) is 0 Å². The van der Waals surface area contributed by atoms with Gasteiger partial charge in [-0.1, -0.05) is 200 Å². The number of hydrogen-bond acceptors (Lipinski definition) is 5. The zero-order chi connectivity index (χ0) is 46.6. The van der Waals surface area contributed by atoms with E-state index in [-0.39, 0.29) is 0 Å². The molecule has 0 aliphatic rings. The van der Waals surface area contributed by atoms with E-state index in [4.69, 9.17) is 19.9 Å². The monoisotopic (exact) mass is 922 g/mol. The molecule has 330 valence electrons. The molecule has 0 saturated carbocycles. The molecule has 0 unspecified atom stereocenters. The Hall–Kier alpha value is -9.30. The summed E-state index contributed by atoms with van der Waals surface area (Å²) in [5.41, 5.74) is 13.3. The Bertz CT molecular complexity index is 4630. The van der Waals surface area contributed by atoms with Gasteiger partial charge in [-0.2, -0.15) is 0 Å². The van der Waals surface area contributed by atoms with Crippen LogP contribution in [-0.2, 0) is 0 Å². The van der Waals surface area contributed by atoms with Crippen LogP contribution in [0.4, 0.5) is 0 Å². The Kier molecular flexibility index (Phi) is 8.73. The fraction of sp³-hybridized carbons (Fsp3) is 0. The molecule has 0 spiro atoms. The summed E-state index contributed by atoms with van der Waals surface area (Å²) in [6.45, 7) is 0. The highest BCUT2D eigenvalue weighted by atomic mass is 32.1. The highest BCUT2D eigenvalue weighted by Gasteiger charge is 2.25. The Balaban J connectivity index is 1.02. The third kappa shape index (κ3) is 6.13. The van der Waals surface area contributed by atoms with Crippen LogP contribution in [-0.4, -0.2) is 29.1 Å². The Labute approximate surface area is 411 Å². The van der Waals surface area contributed by atoms with Gasteiger partial charge in [0.05, 0.1) is 49.2 Å². The second-order valence-corrected chi connectivity index (χ2v) is 19.2. The van der Waals surface area contributed by atoms with Crippen LogP contribution < -0.4 is 0 Å². The number of aromatic nitrogens is 6. The van der Waals surface area contributed by atoms with E-state index in [1.54, 1.807) is 11.3 Å². The van der Waals surface area contributed by atoms with Crippen molar-refractivity contribution in [3.63, 3.8) is 0 Å². The van der Waals surface area contributed by atoms with E-state index in [1.807, 2.05) is 6.07 Å². The molecule has 0 amide bonds. The van der Waals surface area contributed by atoms with Crippen molar-refractivity contribution < 1.29 is 0 Å². The third-order valence-electron chi connectivity index (χ3n) is 14.1. The zero-order valence-electron chi connectivity index (χ0n) is 38.0. The smallest absolute Gasteiger partial charge is 0.235 e. The number of para-hydroxylation sites is 2. The standard InChI is InChI=1S/C64H38N6S/c1-4-19-41(20-5-1)56-38-53-62(71-56)59(43-23-8-3-9-24-43)68-64(66-53)70-55-36-32-39-17-10-12-25-45(39)57(55)50-29-16-28-47(61(50)70)44-33-35-54-51(37-44)48-34-31-40-18-11-13-26-46(40)60(48)69(54)63-65-52-30-15-14-27-49(52)58(67-63)42-21-6-2-7-22-42/h1-38H. The lowest BCUT2D eigenvalue weighted by Crippen LogP contribution is -2.04. The molecule has 5 heterocycles. The molecule has 0 N–H and O–H groups in total. The minimum absolute atomic E-state index is 0.628.